The summed E-state index contributed by atoms with van der Waals surface area (Å²) in [6, 6.07) is 9.35. The van der Waals surface area contributed by atoms with Gasteiger partial charge in [-0.2, -0.15) is 5.26 Å². The summed E-state index contributed by atoms with van der Waals surface area (Å²) in [7, 11) is 0. The van der Waals surface area contributed by atoms with Crippen LogP contribution in [-0.4, -0.2) is 22.2 Å². The summed E-state index contributed by atoms with van der Waals surface area (Å²) in [5, 5.41) is 10.8. The van der Waals surface area contributed by atoms with Gasteiger partial charge >= 0.3 is 0 Å². The number of nitrogen functional groups attached to an aromatic ring is 1. The van der Waals surface area contributed by atoms with Crippen molar-refractivity contribution in [2.45, 2.75) is 10.8 Å². The Bertz CT molecular complexity index is 1260. The molecule has 7 nitrogen and oxygen atoms in total. The van der Waals surface area contributed by atoms with Crippen LogP contribution in [0.3, 0.4) is 0 Å². The van der Waals surface area contributed by atoms with E-state index in [1.165, 1.54) is 11.8 Å². The highest BCUT2D eigenvalue weighted by Crippen LogP contribution is 2.36. The van der Waals surface area contributed by atoms with Gasteiger partial charge in [0.1, 0.15) is 23.2 Å². The zero-order valence-electron chi connectivity index (χ0n) is 15.5. The number of pyridine rings is 1. The van der Waals surface area contributed by atoms with Gasteiger partial charge in [-0.15, -0.1) is 0 Å². The summed E-state index contributed by atoms with van der Waals surface area (Å²) in [4.78, 5) is 16.6. The predicted molar refractivity (Wildman–Crippen MR) is 117 cm³/mol. The molecule has 9 heteroatoms. The third-order valence-corrected chi connectivity index (χ3v) is 5.55. The predicted octanol–water partition coefficient (Wildman–Crippen LogP) is 5.05. The van der Waals surface area contributed by atoms with E-state index >= 15 is 0 Å². The lowest BCUT2D eigenvalue weighted by Crippen LogP contribution is -2.06. The minimum Gasteiger partial charge on any atom is -0.444 e. The zero-order chi connectivity index (χ0) is 21.1. The molecular formula is C21H13ClN6OS. The monoisotopic (exact) mass is 432 g/mol. The van der Waals surface area contributed by atoms with Gasteiger partial charge in [0.15, 0.2) is 0 Å². The van der Waals surface area contributed by atoms with E-state index < -0.39 is 0 Å². The first-order chi connectivity index (χ1) is 14.6. The Morgan fingerprint density at radius 1 is 1.30 bits per heavy atom. The second kappa shape index (κ2) is 8.42. The van der Waals surface area contributed by atoms with E-state index in [9.17, 15) is 5.26 Å². The van der Waals surface area contributed by atoms with Crippen molar-refractivity contribution in [3.63, 3.8) is 0 Å². The lowest BCUT2D eigenvalue weighted by molar-refractivity contribution is 0.573. The molecule has 0 unspecified atom stereocenters. The lowest BCUT2D eigenvalue weighted by Gasteiger charge is -2.11. The van der Waals surface area contributed by atoms with Crippen LogP contribution in [0, 0.1) is 17.9 Å². The van der Waals surface area contributed by atoms with Crippen molar-refractivity contribution in [2.75, 3.05) is 12.3 Å². The Balaban J connectivity index is 1.63. The number of nitriles is 1. The number of nitrogens with two attached hydrogens (primary N) is 1. The van der Waals surface area contributed by atoms with Gasteiger partial charge in [-0.3, -0.25) is 4.99 Å². The highest BCUT2D eigenvalue weighted by molar-refractivity contribution is 7.98. The van der Waals surface area contributed by atoms with Crippen LogP contribution < -0.4 is 5.73 Å². The molecule has 30 heavy (non-hydrogen) atoms. The molecule has 3 heterocycles. The van der Waals surface area contributed by atoms with E-state index in [1.54, 1.807) is 24.5 Å². The number of rotatable bonds is 5. The summed E-state index contributed by atoms with van der Waals surface area (Å²) in [6.45, 7) is 7.95. The van der Waals surface area contributed by atoms with Crippen LogP contribution >= 0.6 is 23.4 Å². The first-order valence-corrected chi connectivity index (χ1v) is 10.1. The summed E-state index contributed by atoms with van der Waals surface area (Å²) >= 11 is 7.22. The van der Waals surface area contributed by atoms with Crippen LogP contribution in [0.5, 0.6) is 0 Å². The number of benzene rings is 1. The molecule has 2 N–H and O–H groups in total. The van der Waals surface area contributed by atoms with Crippen LogP contribution in [0.25, 0.3) is 16.3 Å². The minimum absolute atomic E-state index is 0.0755. The van der Waals surface area contributed by atoms with Crippen molar-refractivity contribution >= 4 is 40.6 Å². The number of nitrogens with zero attached hydrogens (tertiary/aromatic N) is 5. The minimum atomic E-state index is 0.0755. The molecule has 3 aromatic rings. The van der Waals surface area contributed by atoms with Crippen molar-refractivity contribution in [3.05, 3.63) is 75.9 Å². The summed E-state index contributed by atoms with van der Waals surface area (Å²) < 4.78 is 5.56. The maximum atomic E-state index is 9.77. The number of anilines is 1. The fraction of sp³-hybridized carbons (Fsp3) is 0.0952. The Morgan fingerprint density at radius 2 is 2.10 bits per heavy atom. The number of hydrogen-bond acceptors (Lipinski definition) is 7. The van der Waals surface area contributed by atoms with E-state index in [2.05, 4.69) is 25.9 Å². The molecule has 4 rings (SSSR count). The smallest absolute Gasteiger partial charge is 0.238 e. The van der Waals surface area contributed by atoms with Crippen molar-refractivity contribution in [1.29, 1.82) is 5.26 Å². The Kier molecular flexibility index (Phi) is 5.53. The van der Waals surface area contributed by atoms with Crippen LogP contribution in [-0.2, 0) is 5.75 Å². The Labute approximate surface area is 181 Å². The van der Waals surface area contributed by atoms with Crippen molar-refractivity contribution in [2.24, 2.45) is 4.99 Å². The van der Waals surface area contributed by atoms with Crippen molar-refractivity contribution in [3.8, 4) is 17.5 Å². The number of hydrogen-bond donors (Lipinski definition) is 1. The molecule has 1 aromatic carbocycles. The zero-order valence-corrected chi connectivity index (χ0v) is 17.0. The Hall–Kier alpha value is -3.59. The van der Waals surface area contributed by atoms with Crippen LogP contribution in [0.2, 0.25) is 5.02 Å². The highest BCUT2D eigenvalue weighted by Gasteiger charge is 2.23. The first kappa shape index (κ1) is 19.7. The molecule has 0 atom stereocenters. The quantitative estimate of drug-likeness (QED) is 0.447. The van der Waals surface area contributed by atoms with Gasteiger partial charge < -0.3 is 10.2 Å². The van der Waals surface area contributed by atoms with Gasteiger partial charge in [-0.1, -0.05) is 29.4 Å². The molecule has 1 aliphatic heterocycles. The first-order valence-electron chi connectivity index (χ1n) is 8.76. The second-order valence-corrected chi connectivity index (χ2v) is 7.59. The standard InChI is InChI=1S/C21H13ClN6OS/c1-25-18-17(16-3-2-8-26-16)15(9-23)21(28-19(18)24)30-11-14-10-29-20(27-14)12-4-6-13(22)7-5-12/h2-7,10H,8,11H2,(H2,24,28). The number of aliphatic imine (C=N–C) groups is 1. The van der Waals surface area contributed by atoms with Crippen LogP contribution in [0.15, 0.2) is 57.1 Å². The fourth-order valence-corrected chi connectivity index (χ4v) is 3.91. The molecule has 0 radical (unpaired) electrons. The highest BCUT2D eigenvalue weighted by atomic mass is 35.5. The van der Waals surface area contributed by atoms with Crippen molar-refractivity contribution in [1.82, 2.24) is 9.97 Å². The lowest BCUT2D eigenvalue weighted by atomic mass is 10.0. The molecule has 2 aromatic heterocycles. The summed E-state index contributed by atoms with van der Waals surface area (Å²) in [5.74, 6) is 0.966. The van der Waals surface area contributed by atoms with Gasteiger partial charge in [-0.05, 0) is 30.3 Å². The number of oxazole rings is 1. The number of aromatic nitrogens is 2. The second-order valence-electron chi connectivity index (χ2n) is 6.19. The molecule has 0 aliphatic carbocycles. The summed E-state index contributed by atoms with van der Waals surface area (Å²) in [6.07, 6.45) is 5.21. The maximum absolute atomic E-state index is 9.77. The fourth-order valence-electron chi connectivity index (χ4n) is 2.91. The maximum Gasteiger partial charge on any atom is 0.238 e. The number of allylic oxidation sites excluding steroid dienone is 1. The van der Waals surface area contributed by atoms with Crippen LogP contribution in [0.4, 0.5) is 11.5 Å². The normalized spacial score (nSPS) is 12.4. The van der Waals surface area contributed by atoms with E-state index in [4.69, 9.17) is 28.3 Å². The van der Waals surface area contributed by atoms with Gasteiger partial charge in [0, 0.05) is 21.9 Å². The molecule has 146 valence electrons. The van der Waals surface area contributed by atoms with E-state index in [1.807, 2.05) is 18.2 Å². The third-order valence-electron chi connectivity index (χ3n) is 4.29. The molecule has 0 fully saturated rings. The molecule has 1 aliphatic rings. The average molecular weight is 433 g/mol. The SMILES string of the molecule is [C-]#[N+]c1c(N)nc(SCc2coc(-c3ccc(Cl)cc3)n2)c(C#N)c1C1=NCC=C1. The molecule has 0 saturated heterocycles. The van der Waals surface area contributed by atoms with E-state index in [0.29, 0.717) is 45.2 Å². The third kappa shape index (κ3) is 3.79. The Morgan fingerprint density at radius 3 is 2.77 bits per heavy atom. The number of halogens is 1. The summed E-state index contributed by atoms with van der Waals surface area (Å²) in [5.41, 5.74) is 8.94. The van der Waals surface area contributed by atoms with E-state index in [-0.39, 0.29) is 17.1 Å². The molecule has 0 bridgehead atoms. The van der Waals surface area contributed by atoms with Gasteiger partial charge in [0.25, 0.3) is 0 Å². The average Bonchev–Trinajstić information content (AvgIpc) is 3.44. The molecule has 0 amide bonds. The number of thioether (sulfide) groups is 1. The van der Waals surface area contributed by atoms with Crippen LogP contribution in [0.1, 0.15) is 16.8 Å². The van der Waals surface area contributed by atoms with Gasteiger partial charge in [-0.25, -0.2) is 14.8 Å². The van der Waals surface area contributed by atoms with Gasteiger partial charge in [0.2, 0.25) is 11.6 Å². The van der Waals surface area contributed by atoms with E-state index in [0.717, 1.165) is 5.56 Å². The molecule has 0 spiro atoms. The molecule has 0 saturated carbocycles. The van der Waals surface area contributed by atoms with Gasteiger partial charge in [0.05, 0.1) is 30.1 Å². The topological polar surface area (TPSA) is 105 Å². The largest absolute Gasteiger partial charge is 0.444 e. The van der Waals surface area contributed by atoms with Crippen molar-refractivity contribution < 1.29 is 4.42 Å². The molecular weight excluding hydrogens is 420 g/mol.